The van der Waals surface area contributed by atoms with Gasteiger partial charge in [-0.2, -0.15) is 20.1 Å². The quantitative estimate of drug-likeness (QED) is 0.641. The fourth-order valence-electron chi connectivity index (χ4n) is 1.68. The van der Waals surface area contributed by atoms with Crippen molar-refractivity contribution >= 4 is 11.9 Å². The molecule has 10 nitrogen and oxygen atoms in total. The largest absolute Gasteiger partial charge is 0.357 e. The summed E-state index contributed by atoms with van der Waals surface area (Å²) in [7, 11) is 1.75. The van der Waals surface area contributed by atoms with Gasteiger partial charge in [0.15, 0.2) is 0 Å². The molecule has 0 amide bonds. The number of nitrogens with one attached hydrogen (secondary N) is 2. The molecule has 0 aromatic carbocycles. The van der Waals surface area contributed by atoms with E-state index < -0.39 is 0 Å². The van der Waals surface area contributed by atoms with Gasteiger partial charge < -0.3 is 10.6 Å². The Morgan fingerprint density at radius 3 is 2.71 bits per heavy atom. The molecule has 3 aromatic heterocycles. The van der Waals surface area contributed by atoms with E-state index >= 15 is 0 Å². The second-order valence-electron chi connectivity index (χ2n) is 4.08. The van der Waals surface area contributed by atoms with E-state index in [1.54, 1.807) is 47.3 Å². The molecule has 0 aliphatic carbocycles. The third kappa shape index (κ3) is 3.11. The molecule has 0 aliphatic heterocycles. The van der Waals surface area contributed by atoms with Gasteiger partial charge in [-0.25, -0.2) is 4.68 Å². The minimum atomic E-state index is 0.447. The second kappa shape index (κ2) is 5.94. The molecule has 0 saturated heterocycles. The Kier molecular flexibility index (Phi) is 3.67. The van der Waals surface area contributed by atoms with Gasteiger partial charge in [-0.05, 0) is 6.07 Å². The number of rotatable bonds is 6. The average molecular weight is 286 g/mol. The summed E-state index contributed by atoms with van der Waals surface area (Å²) in [6.45, 7) is 1.28. The van der Waals surface area contributed by atoms with Crippen LogP contribution in [0, 0.1) is 0 Å². The summed E-state index contributed by atoms with van der Waals surface area (Å²) < 4.78 is 3.30. The number of anilines is 2. The van der Waals surface area contributed by atoms with E-state index in [2.05, 4.69) is 41.0 Å². The maximum Gasteiger partial charge on any atom is 0.257 e. The number of hydrogen-bond donors (Lipinski definition) is 2. The van der Waals surface area contributed by atoms with Crippen molar-refractivity contribution in [3.63, 3.8) is 0 Å². The van der Waals surface area contributed by atoms with E-state index in [0.29, 0.717) is 30.9 Å². The first-order valence-corrected chi connectivity index (χ1v) is 6.37. The molecule has 0 saturated carbocycles. The fourth-order valence-corrected chi connectivity index (χ4v) is 1.68. The monoisotopic (exact) mass is 286 g/mol. The SMILES string of the molecule is CNc1nc(NCCn2ccnn2)nc(-n2cccn2)n1. The molecule has 0 fully saturated rings. The van der Waals surface area contributed by atoms with Crippen LogP contribution in [-0.2, 0) is 6.54 Å². The predicted octanol–water partition coefficient (Wildman–Crippen LogP) is -0.197. The topological polar surface area (TPSA) is 111 Å². The Hall–Kier alpha value is -3.04. The van der Waals surface area contributed by atoms with Crippen molar-refractivity contribution in [1.82, 2.24) is 39.7 Å². The van der Waals surface area contributed by atoms with Crippen LogP contribution >= 0.6 is 0 Å². The van der Waals surface area contributed by atoms with Crippen LogP contribution in [0.25, 0.3) is 5.95 Å². The van der Waals surface area contributed by atoms with Gasteiger partial charge in [-0.3, -0.25) is 4.68 Å². The molecule has 0 bridgehead atoms. The van der Waals surface area contributed by atoms with E-state index in [1.165, 1.54) is 0 Å². The van der Waals surface area contributed by atoms with Crippen molar-refractivity contribution in [1.29, 1.82) is 0 Å². The summed E-state index contributed by atoms with van der Waals surface area (Å²) in [5, 5.41) is 17.8. The van der Waals surface area contributed by atoms with Gasteiger partial charge in [0.25, 0.3) is 5.95 Å². The third-order valence-electron chi connectivity index (χ3n) is 2.65. The van der Waals surface area contributed by atoms with Crippen LogP contribution < -0.4 is 10.6 Å². The smallest absolute Gasteiger partial charge is 0.257 e. The van der Waals surface area contributed by atoms with E-state index in [1.807, 2.05) is 0 Å². The van der Waals surface area contributed by atoms with Crippen LogP contribution in [0.15, 0.2) is 30.9 Å². The van der Waals surface area contributed by atoms with Crippen LogP contribution in [0.3, 0.4) is 0 Å². The molecule has 0 radical (unpaired) electrons. The van der Waals surface area contributed by atoms with E-state index in [0.717, 1.165) is 0 Å². The molecule has 3 aromatic rings. The molecule has 0 aliphatic rings. The zero-order valence-corrected chi connectivity index (χ0v) is 11.4. The van der Waals surface area contributed by atoms with Crippen LogP contribution in [-0.4, -0.2) is 53.3 Å². The predicted molar refractivity (Wildman–Crippen MR) is 75.0 cm³/mol. The lowest BCUT2D eigenvalue weighted by Gasteiger charge is -2.08. The molecule has 0 atom stereocenters. The molecule has 0 spiro atoms. The molecule has 108 valence electrons. The van der Waals surface area contributed by atoms with Gasteiger partial charge in [0, 0.05) is 32.2 Å². The van der Waals surface area contributed by atoms with Crippen LogP contribution in [0.2, 0.25) is 0 Å². The summed E-state index contributed by atoms with van der Waals surface area (Å²) in [5.41, 5.74) is 0. The molecule has 2 N–H and O–H groups in total. The van der Waals surface area contributed by atoms with Crippen molar-refractivity contribution in [3.8, 4) is 5.95 Å². The van der Waals surface area contributed by atoms with E-state index in [4.69, 9.17) is 0 Å². The Morgan fingerprint density at radius 1 is 1.10 bits per heavy atom. The summed E-state index contributed by atoms with van der Waals surface area (Å²) in [5.74, 6) is 1.39. The summed E-state index contributed by atoms with van der Waals surface area (Å²) in [6, 6.07) is 1.81. The van der Waals surface area contributed by atoms with Gasteiger partial charge in [-0.1, -0.05) is 5.21 Å². The van der Waals surface area contributed by atoms with Crippen molar-refractivity contribution in [2.45, 2.75) is 6.54 Å². The number of nitrogens with zero attached hydrogens (tertiary/aromatic N) is 8. The molecular formula is C11H14N10. The van der Waals surface area contributed by atoms with E-state index in [9.17, 15) is 0 Å². The molecule has 3 rings (SSSR count). The second-order valence-corrected chi connectivity index (χ2v) is 4.08. The third-order valence-corrected chi connectivity index (χ3v) is 2.65. The highest BCUT2D eigenvalue weighted by Gasteiger charge is 2.07. The highest BCUT2D eigenvalue weighted by Crippen LogP contribution is 2.07. The maximum absolute atomic E-state index is 4.32. The van der Waals surface area contributed by atoms with Crippen LogP contribution in [0.4, 0.5) is 11.9 Å². The minimum absolute atomic E-state index is 0.447. The Bertz CT molecular complexity index is 675. The summed E-state index contributed by atoms with van der Waals surface area (Å²) in [6.07, 6.45) is 6.87. The summed E-state index contributed by atoms with van der Waals surface area (Å²) in [4.78, 5) is 12.8. The molecule has 10 heteroatoms. The highest BCUT2D eigenvalue weighted by molar-refractivity contribution is 5.37. The first kappa shape index (κ1) is 13.0. The normalized spacial score (nSPS) is 10.5. The number of hydrogen-bond acceptors (Lipinski definition) is 8. The maximum atomic E-state index is 4.32. The Morgan fingerprint density at radius 2 is 2.00 bits per heavy atom. The van der Waals surface area contributed by atoms with Crippen molar-refractivity contribution in [2.75, 3.05) is 24.2 Å². The lowest BCUT2D eigenvalue weighted by Crippen LogP contribution is -2.15. The summed E-state index contributed by atoms with van der Waals surface area (Å²) >= 11 is 0. The van der Waals surface area contributed by atoms with Gasteiger partial charge >= 0.3 is 0 Å². The first-order chi connectivity index (χ1) is 10.3. The van der Waals surface area contributed by atoms with E-state index in [-0.39, 0.29) is 0 Å². The van der Waals surface area contributed by atoms with Gasteiger partial charge in [-0.15, -0.1) is 5.10 Å². The lowest BCUT2D eigenvalue weighted by molar-refractivity contribution is 0.607. The lowest BCUT2D eigenvalue weighted by atomic mass is 10.6. The van der Waals surface area contributed by atoms with Gasteiger partial charge in [0.2, 0.25) is 11.9 Å². The van der Waals surface area contributed by atoms with Crippen molar-refractivity contribution < 1.29 is 0 Å². The van der Waals surface area contributed by atoms with Crippen molar-refractivity contribution in [2.24, 2.45) is 0 Å². The minimum Gasteiger partial charge on any atom is -0.357 e. The average Bonchev–Trinajstić information content (AvgIpc) is 3.20. The van der Waals surface area contributed by atoms with Gasteiger partial charge in [0.05, 0.1) is 12.7 Å². The number of aromatic nitrogens is 8. The zero-order chi connectivity index (χ0) is 14.5. The zero-order valence-electron chi connectivity index (χ0n) is 11.4. The van der Waals surface area contributed by atoms with Gasteiger partial charge in [0.1, 0.15) is 0 Å². The molecule has 21 heavy (non-hydrogen) atoms. The Balaban J connectivity index is 1.73. The molecule has 3 heterocycles. The first-order valence-electron chi connectivity index (χ1n) is 6.37. The molecular weight excluding hydrogens is 272 g/mol. The Labute approximate surface area is 120 Å². The van der Waals surface area contributed by atoms with Crippen LogP contribution in [0.1, 0.15) is 0 Å². The fraction of sp³-hybridized carbons (Fsp3) is 0.273. The van der Waals surface area contributed by atoms with Crippen LogP contribution in [0.5, 0.6) is 0 Å². The molecule has 0 unspecified atom stereocenters. The standard InChI is InChI=1S/C11H14N10/c1-12-9-16-10(13-4-7-20-8-5-14-19-20)18-11(17-9)21-6-2-3-15-21/h2-3,5-6,8H,4,7H2,1H3,(H2,12,13,16,17,18). The highest BCUT2D eigenvalue weighted by atomic mass is 15.4. The van der Waals surface area contributed by atoms with Crippen molar-refractivity contribution in [3.05, 3.63) is 30.9 Å².